The zero-order valence-electron chi connectivity index (χ0n) is 12.8. The van der Waals surface area contributed by atoms with Gasteiger partial charge >= 0.3 is 0 Å². The lowest BCUT2D eigenvalue weighted by atomic mass is 9.93. The Morgan fingerprint density at radius 3 is 2.75 bits per heavy atom. The summed E-state index contributed by atoms with van der Waals surface area (Å²) in [5.41, 5.74) is 2.11. The van der Waals surface area contributed by atoms with E-state index < -0.39 is 0 Å². The van der Waals surface area contributed by atoms with Gasteiger partial charge in [0.15, 0.2) is 5.96 Å². The molecule has 1 aliphatic rings. The maximum atomic E-state index is 13.2. The van der Waals surface area contributed by atoms with Gasteiger partial charge in [0.25, 0.3) is 0 Å². The Morgan fingerprint density at radius 1 is 1.45 bits per heavy atom. The van der Waals surface area contributed by atoms with Gasteiger partial charge in [-0.3, -0.25) is 4.99 Å². The Balaban J connectivity index is 1.96. The van der Waals surface area contributed by atoms with Gasteiger partial charge < -0.3 is 10.2 Å². The van der Waals surface area contributed by atoms with Gasteiger partial charge in [0, 0.05) is 26.7 Å². The molecule has 0 saturated carbocycles. The van der Waals surface area contributed by atoms with E-state index in [0.717, 1.165) is 24.6 Å². The van der Waals surface area contributed by atoms with E-state index in [4.69, 9.17) is 0 Å². The van der Waals surface area contributed by atoms with Crippen LogP contribution in [0.5, 0.6) is 0 Å². The summed E-state index contributed by atoms with van der Waals surface area (Å²) < 4.78 is 13.2. The van der Waals surface area contributed by atoms with Gasteiger partial charge in [0.05, 0.1) is 0 Å². The van der Waals surface area contributed by atoms with Crippen LogP contribution in [0.1, 0.15) is 31.4 Å². The predicted octanol–water partition coefficient (Wildman–Crippen LogP) is 2.94. The van der Waals surface area contributed by atoms with Gasteiger partial charge in [-0.2, -0.15) is 0 Å². The average Bonchev–Trinajstić information content (AvgIpc) is 2.75. The Bertz CT molecular complexity index is 508. The summed E-state index contributed by atoms with van der Waals surface area (Å²) in [5.74, 6) is 0.775. The van der Waals surface area contributed by atoms with Gasteiger partial charge in [-0.15, -0.1) is 0 Å². The lowest BCUT2D eigenvalue weighted by Gasteiger charge is -2.23. The highest BCUT2D eigenvalue weighted by Crippen LogP contribution is 2.28. The molecule has 110 valence electrons. The van der Waals surface area contributed by atoms with Crippen molar-refractivity contribution in [1.82, 2.24) is 10.2 Å². The molecule has 1 heterocycles. The van der Waals surface area contributed by atoms with Gasteiger partial charge in [-0.1, -0.05) is 26.0 Å². The smallest absolute Gasteiger partial charge is 0.193 e. The first kappa shape index (κ1) is 14.8. The Hall–Kier alpha value is -1.58. The van der Waals surface area contributed by atoms with Crippen LogP contribution in [0.2, 0.25) is 0 Å². The van der Waals surface area contributed by atoms with E-state index in [9.17, 15) is 4.39 Å². The molecule has 1 saturated heterocycles. The second-order valence-electron chi connectivity index (χ2n) is 6.32. The van der Waals surface area contributed by atoms with Crippen molar-refractivity contribution in [3.05, 3.63) is 35.1 Å². The lowest BCUT2D eigenvalue weighted by molar-refractivity contribution is 0.370. The standard InChI is InChI=1S/C16H24FN3/c1-12-9-13(5-6-14(12)17)10-19-15(18-4)20-8-7-16(2,3)11-20/h5-6,9H,7-8,10-11H2,1-4H3,(H,18,19). The molecule has 0 atom stereocenters. The third-order valence-electron chi connectivity index (χ3n) is 3.86. The molecule has 3 nitrogen and oxygen atoms in total. The lowest BCUT2D eigenvalue weighted by Crippen LogP contribution is -2.40. The van der Waals surface area contributed by atoms with E-state index in [2.05, 4.69) is 29.1 Å². The molecule has 20 heavy (non-hydrogen) atoms. The van der Waals surface area contributed by atoms with E-state index in [1.807, 2.05) is 19.2 Å². The zero-order chi connectivity index (χ0) is 14.8. The summed E-state index contributed by atoms with van der Waals surface area (Å²) in [6.45, 7) is 9.08. The van der Waals surface area contributed by atoms with E-state index in [-0.39, 0.29) is 5.82 Å². The van der Waals surface area contributed by atoms with Crippen LogP contribution in [-0.2, 0) is 6.54 Å². The van der Waals surface area contributed by atoms with Gasteiger partial charge in [0.2, 0.25) is 0 Å². The topological polar surface area (TPSA) is 27.6 Å². The highest BCUT2D eigenvalue weighted by Gasteiger charge is 2.30. The summed E-state index contributed by atoms with van der Waals surface area (Å²) in [5, 5.41) is 3.37. The van der Waals surface area contributed by atoms with Crippen molar-refractivity contribution in [3.63, 3.8) is 0 Å². The average molecular weight is 277 g/mol. The summed E-state index contributed by atoms with van der Waals surface area (Å²) in [6, 6.07) is 5.22. The SMILES string of the molecule is CN=C(NCc1ccc(F)c(C)c1)N1CCC(C)(C)C1. The number of guanidine groups is 1. The van der Waals surface area contributed by atoms with Gasteiger partial charge in [-0.25, -0.2) is 4.39 Å². The highest BCUT2D eigenvalue weighted by molar-refractivity contribution is 5.80. The molecule has 0 aliphatic carbocycles. The number of nitrogens with one attached hydrogen (secondary N) is 1. The van der Waals surface area contributed by atoms with Gasteiger partial charge in [0.1, 0.15) is 5.82 Å². The Kier molecular flexibility index (Phi) is 4.31. The van der Waals surface area contributed by atoms with Crippen molar-refractivity contribution >= 4 is 5.96 Å². The van der Waals surface area contributed by atoms with Crippen molar-refractivity contribution in [1.29, 1.82) is 0 Å². The predicted molar refractivity (Wildman–Crippen MR) is 81.3 cm³/mol. The van der Waals surface area contributed by atoms with E-state index in [1.165, 1.54) is 12.5 Å². The normalized spacial score (nSPS) is 18.4. The molecule has 2 rings (SSSR count). The molecule has 0 aromatic heterocycles. The number of hydrogen-bond donors (Lipinski definition) is 1. The van der Waals surface area contributed by atoms with Crippen LogP contribution in [-0.4, -0.2) is 31.0 Å². The first-order valence-electron chi connectivity index (χ1n) is 7.12. The fraction of sp³-hybridized carbons (Fsp3) is 0.562. The molecule has 0 radical (unpaired) electrons. The molecule has 1 aromatic rings. The van der Waals surface area contributed by atoms with Crippen molar-refractivity contribution in [2.24, 2.45) is 10.4 Å². The largest absolute Gasteiger partial charge is 0.352 e. The molecule has 0 amide bonds. The first-order chi connectivity index (χ1) is 9.41. The molecule has 1 aliphatic heterocycles. The summed E-state index contributed by atoms with van der Waals surface area (Å²) in [7, 11) is 1.81. The summed E-state index contributed by atoms with van der Waals surface area (Å²) >= 11 is 0. The molecular weight excluding hydrogens is 253 g/mol. The van der Waals surface area contributed by atoms with Crippen LogP contribution in [0.3, 0.4) is 0 Å². The summed E-state index contributed by atoms with van der Waals surface area (Å²) in [4.78, 5) is 6.64. The van der Waals surface area contributed by atoms with Crippen LogP contribution in [0.15, 0.2) is 23.2 Å². The van der Waals surface area contributed by atoms with E-state index in [1.54, 1.807) is 6.92 Å². The van der Waals surface area contributed by atoms with Crippen LogP contribution >= 0.6 is 0 Å². The number of benzene rings is 1. The fourth-order valence-electron chi connectivity index (χ4n) is 2.62. The van der Waals surface area contributed by atoms with Gasteiger partial charge in [-0.05, 0) is 36.0 Å². The van der Waals surface area contributed by atoms with E-state index in [0.29, 0.717) is 17.5 Å². The number of aryl methyl sites for hydroxylation is 1. The molecular formula is C16H24FN3. The third kappa shape index (κ3) is 3.50. The van der Waals surface area contributed by atoms with Crippen LogP contribution in [0.4, 0.5) is 4.39 Å². The van der Waals surface area contributed by atoms with Crippen molar-refractivity contribution in [2.75, 3.05) is 20.1 Å². The maximum absolute atomic E-state index is 13.2. The fourth-order valence-corrected chi connectivity index (χ4v) is 2.62. The number of hydrogen-bond acceptors (Lipinski definition) is 1. The minimum atomic E-state index is -0.153. The second kappa shape index (κ2) is 5.81. The highest BCUT2D eigenvalue weighted by atomic mass is 19.1. The monoisotopic (exact) mass is 277 g/mol. The summed E-state index contributed by atoms with van der Waals surface area (Å²) in [6.07, 6.45) is 1.18. The molecule has 0 unspecified atom stereocenters. The van der Waals surface area contributed by atoms with Crippen molar-refractivity contribution in [2.45, 2.75) is 33.7 Å². The van der Waals surface area contributed by atoms with Crippen molar-refractivity contribution in [3.8, 4) is 0 Å². The molecule has 1 aromatic carbocycles. The molecule has 1 fully saturated rings. The number of halogens is 1. The molecule has 0 spiro atoms. The number of aliphatic imine (C=N–C) groups is 1. The molecule has 1 N–H and O–H groups in total. The van der Waals surface area contributed by atoms with E-state index >= 15 is 0 Å². The van der Waals surface area contributed by atoms with Crippen LogP contribution < -0.4 is 5.32 Å². The second-order valence-corrected chi connectivity index (χ2v) is 6.32. The van der Waals surface area contributed by atoms with Crippen LogP contribution in [0, 0.1) is 18.2 Å². The quantitative estimate of drug-likeness (QED) is 0.665. The Morgan fingerprint density at radius 2 is 2.20 bits per heavy atom. The Labute approximate surface area is 120 Å². The van der Waals surface area contributed by atoms with Crippen molar-refractivity contribution < 1.29 is 4.39 Å². The third-order valence-corrected chi connectivity index (χ3v) is 3.86. The number of rotatable bonds is 2. The number of nitrogens with zero attached hydrogens (tertiary/aromatic N) is 2. The van der Waals surface area contributed by atoms with Crippen LogP contribution in [0.25, 0.3) is 0 Å². The minimum Gasteiger partial charge on any atom is -0.352 e. The number of likely N-dealkylation sites (tertiary alicyclic amines) is 1. The zero-order valence-corrected chi connectivity index (χ0v) is 12.8. The molecule has 0 bridgehead atoms. The minimum absolute atomic E-state index is 0.153. The first-order valence-corrected chi connectivity index (χ1v) is 7.12. The molecule has 4 heteroatoms. The maximum Gasteiger partial charge on any atom is 0.193 e.